The molecule has 1 N–H and O–H groups in total. The van der Waals surface area contributed by atoms with Gasteiger partial charge in [0.2, 0.25) is 0 Å². The summed E-state index contributed by atoms with van der Waals surface area (Å²) in [5, 5.41) is 2.93. The highest BCUT2D eigenvalue weighted by atomic mass is 16.5. The number of benzene rings is 2. The Morgan fingerprint density at radius 1 is 1.12 bits per heavy atom. The lowest BCUT2D eigenvalue weighted by Gasteiger charge is -2.21. The lowest BCUT2D eigenvalue weighted by molar-refractivity contribution is -0.127. The Balaban J connectivity index is 1.86. The number of nitrogens with one attached hydrogen (secondary N) is 1. The van der Waals surface area contributed by atoms with Crippen LogP contribution in [0.5, 0.6) is 5.75 Å². The fourth-order valence-corrected chi connectivity index (χ4v) is 2.69. The maximum atomic E-state index is 12.2. The molecule has 0 aliphatic carbocycles. The SMILES string of the molecule is CCN(CC)c1ccc(CNC(=O)[C@H](C)Oc2cccc(C)c2)cc1. The fraction of sp³-hybridized carbons (Fsp3) is 0.381. The average molecular weight is 340 g/mol. The van der Waals surface area contributed by atoms with Crippen molar-refractivity contribution in [1.29, 1.82) is 0 Å². The van der Waals surface area contributed by atoms with E-state index in [1.165, 1.54) is 5.69 Å². The zero-order chi connectivity index (χ0) is 18.2. The zero-order valence-electron chi connectivity index (χ0n) is 15.6. The molecular weight excluding hydrogens is 312 g/mol. The van der Waals surface area contributed by atoms with Gasteiger partial charge in [-0.2, -0.15) is 0 Å². The Hall–Kier alpha value is -2.49. The molecule has 0 aliphatic rings. The third kappa shape index (κ3) is 5.52. The molecule has 4 nitrogen and oxygen atoms in total. The van der Waals surface area contributed by atoms with Gasteiger partial charge in [-0.3, -0.25) is 4.79 Å². The van der Waals surface area contributed by atoms with Crippen LogP contribution in [0.15, 0.2) is 48.5 Å². The number of hydrogen-bond donors (Lipinski definition) is 1. The van der Waals surface area contributed by atoms with Gasteiger partial charge in [0.05, 0.1) is 0 Å². The minimum atomic E-state index is -0.531. The van der Waals surface area contributed by atoms with Crippen molar-refractivity contribution in [2.24, 2.45) is 0 Å². The highest BCUT2D eigenvalue weighted by Gasteiger charge is 2.14. The van der Waals surface area contributed by atoms with E-state index in [1.807, 2.05) is 31.2 Å². The van der Waals surface area contributed by atoms with Gasteiger partial charge in [0.1, 0.15) is 5.75 Å². The Bertz CT molecular complexity index is 679. The van der Waals surface area contributed by atoms with E-state index in [2.05, 4.69) is 48.3 Å². The Labute approximate surface area is 150 Å². The molecule has 0 fully saturated rings. The smallest absolute Gasteiger partial charge is 0.261 e. The van der Waals surface area contributed by atoms with Crippen LogP contribution in [-0.4, -0.2) is 25.1 Å². The minimum Gasteiger partial charge on any atom is -0.481 e. The second-order valence-corrected chi connectivity index (χ2v) is 6.13. The molecule has 0 heterocycles. The standard InChI is InChI=1S/C21H28N2O2/c1-5-23(6-2)19-12-10-18(11-13-19)15-22-21(24)17(4)25-20-9-7-8-16(3)14-20/h7-14,17H,5-6,15H2,1-4H3,(H,22,24)/t17-/m0/s1. The van der Waals surface area contributed by atoms with Gasteiger partial charge in [0.25, 0.3) is 5.91 Å². The van der Waals surface area contributed by atoms with Crippen LogP contribution in [0.4, 0.5) is 5.69 Å². The summed E-state index contributed by atoms with van der Waals surface area (Å²) < 4.78 is 5.71. The highest BCUT2D eigenvalue weighted by molar-refractivity contribution is 5.80. The predicted molar refractivity (Wildman–Crippen MR) is 103 cm³/mol. The number of rotatable bonds is 8. The lowest BCUT2D eigenvalue weighted by Crippen LogP contribution is -2.35. The molecule has 0 aromatic heterocycles. The summed E-state index contributed by atoms with van der Waals surface area (Å²) >= 11 is 0. The first-order valence-corrected chi connectivity index (χ1v) is 8.88. The molecule has 0 aliphatic heterocycles. The second-order valence-electron chi connectivity index (χ2n) is 6.13. The maximum Gasteiger partial charge on any atom is 0.261 e. The number of anilines is 1. The van der Waals surface area contributed by atoms with E-state index in [4.69, 9.17) is 4.74 Å². The van der Waals surface area contributed by atoms with E-state index < -0.39 is 6.10 Å². The molecule has 25 heavy (non-hydrogen) atoms. The molecule has 2 rings (SSSR count). The first kappa shape index (κ1) is 18.8. The molecule has 1 atom stereocenters. The maximum absolute atomic E-state index is 12.2. The summed E-state index contributed by atoms with van der Waals surface area (Å²) in [4.78, 5) is 14.5. The van der Waals surface area contributed by atoms with Crippen LogP contribution in [0.1, 0.15) is 31.9 Å². The normalized spacial score (nSPS) is 11.7. The minimum absolute atomic E-state index is 0.116. The fourth-order valence-electron chi connectivity index (χ4n) is 2.69. The summed E-state index contributed by atoms with van der Waals surface area (Å²) in [7, 11) is 0. The van der Waals surface area contributed by atoms with Gasteiger partial charge in [-0.25, -0.2) is 0 Å². The van der Waals surface area contributed by atoms with Gasteiger partial charge < -0.3 is 15.0 Å². The molecule has 0 unspecified atom stereocenters. The summed E-state index contributed by atoms with van der Waals surface area (Å²) in [6.45, 7) is 10.5. The summed E-state index contributed by atoms with van der Waals surface area (Å²) in [5.41, 5.74) is 3.39. The largest absolute Gasteiger partial charge is 0.481 e. The zero-order valence-corrected chi connectivity index (χ0v) is 15.6. The molecule has 0 saturated heterocycles. The van der Waals surface area contributed by atoms with E-state index >= 15 is 0 Å². The molecule has 0 saturated carbocycles. The van der Waals surface area contributed by atoms with Crippen LogP contribution in [-0.2, 0) is 11.3 Å². The van der Waals surface area contributed by atoms with Crippen molar-refractivity contribution in [2.45, 2.75) is 40.3 Å². The number of ether oxygens (including phenoxy) is 1. The number of hydrogen-bond acceptors (Lipinski definition) is 3. The van der Waals surface area contributed by atoms with Crippen molar-refractivity contribution in [1.82, 2.24) is 5.32 Å². The molecule has 0 spiro atoms. The van der Waals surface area contributed by atoms with Gasteiger partial charge in [-0.1, -0.05) is 24.3 Å². The molecule has 2 aromatic carbocycles. The van der Waals surface area contributed by atoms with Gasteiger partial charge in [-0.15, -0.1) is 0 Å². The number of carbonyl (C=O) groups excluding carboxylic acids is 1. The molecule has 0 radical (unpaired) electrons. The number of nitrogens with zero attached hydrogens (tertiary/aromatic N) is 1. The van der Waals surface area contributed by atoms with Crippen LogP contribution in [0.3, 0.4) is 0 Å². The first-order valence-electron chi connectivity index (χ1n) is 8.88. The van der Waals surface area contributed by atoms with Crippen LogP contribution in [0.2, 0.25) is 0 Å². The van der Waals surface area contributed by atoms with Crippen molar-refractivity contribution in [3.05, 3.63) is 59.7 Å². The molecule has 1 amide bonds. The molecule has 4 heteroatoms. The van der Waals surface area contributed by atoms with Crippen LogP contribution in [0.25, 0.3) is 0 Å². The first-order chi connectivity index (χ1) is 12.0. The molecule has 0 bridgehead atoms. The summed E-state index contributed by atoms with van der Waals surface area (Å²) in [5.74, 6) is 0.598. The van der Waals surface area contributed by atoms with Crippen molar-refractivity contribution in [3.8, 4) is 5.75 Å². The molecule has 2 aromatic rings. The number of aryl methyl sites for hydroxylation is 1. The van der Waals surface area contributed by atoms with Gasteiger partial charge in [-0.05, 0) is 63.1 Å². The average Bonchev–Trinajstić information content (AvgIpc) is 2.61. The second kappa shape index (κ2) is 9.11. The Morgan fingerprint density at radius 2 is 1.80 bits per heavy atom. The Kier molecular flexibility index (Phi) is 6.87. The Morgan fingerprint density at radius 3 is 2.40 bits per heavy atom. The van der Waals surface area contributed by atoms with E-state index in [-0.39, 0.29) is 5.91 Å². The van der Waals surface area contributed by atoms with Crippen molar-refractivity contribution < 1.29 is 9.53 Å². The molecule has 134 valence electrons. The van der Waals surface area contributed by atoms with Crippen molar-refractivity contribution in [2.75, 3.05) is 18.0 Å². The number of carbonyl (C=O) groups is 1. The van der Waals surface area contributed by atoms with Crippen LogP contribution in [0, 0.1) is 6.92 Å². The van der Waals surface area contributed by atoms with Crippen molar-refractivity contribution >= 4 is 11.6 Å². The molecular formula is C21H28N2O2. The van der Waals surface area contributed by atoms with E-state index in [0.29, 0.717) is 12.3 Å². The van der Waals surface area contributed by atoms with Gasteiger partial charge in [0.15, 0.2) is 6.10 Å². The lowest BCUT2D eigenvalue weighted by atomic mass is 10.2. The van der Waals surface area contributed by atoms with Gasteiger partial charge in [0, 0.05) is 25.3 Å². The quantitative estimate of drug-likeness (QED) is 0.792. The third-order valence-corrected chi connectivity index (χ3v) is 4.20. The number of amides is 1. The topological polar surface area (TPSA) is 41.6 Å². The third-order valence-electron chi connectivity index (χ3n) is 4.20. The van der Waals surface area contributed by atoms with Crippen molar-refractivity contribution in [3.63, 3.8) is 0 Å². The van der Waals surface area contributed by atoms with E-state index in [0.717, 1.165) is 24.2 Å². The van der Waals surface area contributed by atoms with Crippen LogP contribution < -0.4 is 15.0 Å². The van der Waals surface area contributed by atoms with Crippen LogP contribution >= 0.6 is 0 Å². The predicted octanol–water partition coefficient (Wildman–Crippen LogP) is 3.92. The monoisotopic (exact) mass is 340 g/mol. The summed E-state index contributed by atoms with van der Waals surface area (Å²) in [6.07, 6.45) is -0.531. The van der Waals surface area contributed by atoms with Gasteiger partial charge >= 0.3 is 0 Å². The highest BCUT2D eigenvalue weighted by Crippen LogP contribution is 2.16. The summed E-state index contributed by atoms with van der Waals surface area (Å²) in [6, 6.07) is 16.0. The van der Waals surface area contributed by atoms with E-state index in [9.17, 15) is 4.79 Å². The van der Waals surface area contributed by atoms with E-state index in [1.54, 1.807) is 6.92 Å².